The van der Waals surface area contributed by atoms with Crippen LogP contribution in [0.3, 0.4) is 0 Å². The summed E-state index contributed by atoms with van der Waals surface area (Å²) in [7, 11) is -3.57. The minimum atomic E-state index is -3.57. The lowest BCUT2D eigenvalue weighted by Gasteiger charge is -2.07. The smallest absolute Gasteiger partial charge is 0.178 e. The van der Waals surface area contributed by atoms with Gasteiger partial charge in [-0.1, -0.05) is 12.1 Å². The van der Waals surface area contributed by atoms with E-state index in [1.807, 2.05) is 13.0 Å². The summed E-state index contributed by atoms with van der Waals surface area (Å²) in [6, 6.07) is 7.63. The van der Waals surface area contributed by atoms with Crippen molar-refractivity contribution >= 4 is 9.84 Å². The molecule has 1 heterocycles. The van der Waals surface area contributed by atoms with Crippen molar-refractivity contribution in [3.8, 4) is 11.1 Å². The van der Waals surface area contributed by atoms with Gasteiger partial charge in [-0.15, -0.1) is 0 Å². The fourth-order valence-electron chi connectivity index (χ4n) is 1.74. The highest BCUT2D eigenvalue weighted by atomic mass is 32.2. The van der Waals surface area contributed by atoms with Crippen molar-refractivity contribution in [2.75, 3.05) is 6.26 Å². The van der Waals surface area contributed by atoms with Crippen molar-refractivity contribution in [2.45, 2.75) is 11.8 Å². The minimum absolute atomic E-state index is 0.289. The molecule has 2 aromatic rings. The van der Waals surface area contributed by atoms with Crippen LogP contribution in [0.2, 0.25) is 0 Å². The van der Waals surface area contributed by atoms with Crippen LogP contribution in [0.25, 0.3) is 11.1 Å². The lowest BCUT2D eigenvalue weighted by molar-refractivity contribution is 0.571. The van der Waals surface area contributed by atoms with Crippen molar-refractivity contribution in [2.24, 2.45) is 0 Å². The molecule has 1 aromatic heterocycles. The molecule has 0 amide bonds. The van der Waals surface area contributed by atoms with Gasteiger partial charge in [0.05, 0.1) is 0 Å². The Bertz CT molecular complexity index is 696. The molecule has 18 heavy (non-hydrogen) atoms. The molecule has 0 spiro atoms. The summed E-state index contributed by atoms with van der Waals surface area (Å²) in [4.78, 5) is 3.84. The van der Waals surface area contributed by atoms with E-state index >= 15 is 0 Å². The largest absolute Gasteiger partial charge is 0.261 e. The number of rotatable bonds is 2. The van der Waals surface area contributed by atoms with Gasteiger partial charge >= 0.3 is 0 Å². The van der Waals surface area contributed by atoms with E-state index in [2.05, 4.69) is 4.98 Å². The molecular weight excluding hydrogens is 253 g/mol. The Morgan fingerprint density at radius 2 is 1.94 bits per heavy atom. The summed E-state index contributed by atoms with van der Waals surface area (Å²) < 4.78 is 36.4. The molecule has 5 heteroatoms. The van der Waals surface area contributed by atoms with Crippen molar-refractivity contribution in [1.29, 1.82) is 0 Å². The first-order valence-corrected chi connectivity index (χ1v) is 7.20. The summed E-state index contributed by atoms with van der Waals surface area (Å²) in [5.74, 6) is -0.734. The van der Waals surface area contributed by atoms with Gasteiger partial charge in [0.15, 0.2) is 9.84 Å². The number of aromatic nitrogens is 1. The van der Waals surface area contributed by atoms with Crippen LogP contribution in [0.15, 0.2) is 41.4 Å². The van der Waals surface area contributed by atoms with Gasteiger partial charge in [0.25, 0.3) is 0 Å². The third-order valence-corrected chi connectivity index (χ3v) is 3.76. The molecule has 0 bridgehead atoms. The second kappa shape index (κ2) is 4.49. The quantitative estimate of drug-likeness (QED) is 0.838. The van der Waals surface area contributed by atoms with Gasteiger partial charge in [0, 0.05) is 23.7 Å². The molecule has 0 aliphatic carbocycles. The number of hydrogen-bond donors (Lipinski definition) is 0. The van der Waals surface area contributed by atoms with Gasteiger partial charge in [-0.05, 0) is 30.7 Å². The van der Waals surface area contributed by atoms with Gasteiger partial charge in [-0.25, -0.2) is 12.8 Å². The lowest BCUT2D eigenvalue weighted by atomic mass is 10.0. The third kappa shape index (κ3) is 2.41. The highest BCUT2D eigenvalue weighted by Crippen LogP contribution is 2.26. The zero-order chi connectivity index (χ0) is 13.3. The van der Waals surface area contributed by atoms with Crippen molar-refractivity contribution < 1.29 is 12.8 Å². The van der Waals surface area contributed by atoms with Crippen LogP contribution in [0.4, 0.5) is 4.39 Å². The second-order valence-electron chi connectivity index (χ2n) is 4.05. The van der Waals surface area contributed by atoms with Crippen LogP contribution in [0.5, 0.6) is 0 Å². The fraction of sp³-hybridized carbons (Fsp3) is 0.154. The summed E-state index contributed by atoms with van der Waals surface area (Å²) in [5, 5.41) is 0. The van der Waals surface area contributed by atoms with Gasteiger partial charge in [0.2, 0.25) is 0 Å². The number of pyridine rings is 1. The monoisotopic (exact) mass is 265 g/mol. The van der Waals surface area contributed by atoms with Gasteiger partial charge < -0.3 is 0 Å². The van der Waals surface area contributed by atoms with Crippen LogP contribution in [-0.4, -0.2) is 19.7 Å². The molecule has 0 fully saturated rings. The number of hydrogen-bond acceptors (Lipinski definition) is 3. The molecule has 3 nitrogen and oxygen atoms in total. The maximum Gasteiger partial charge on any atom is 0.178 e. The summed E-state index contributed by atoms with van der Waals surface area (Å²) >= 11 is 0. The van der Waals surface area contributed by atoms with E-state index in [1.165, 1.54) is 6.07 Å². The molecule has 0 saturated carbocycles. The SMILES string of the molecule is Cc1ncccc1-c1ccc(F)c(S(C)(=O)=O)c1. The van der Waals surface area contributed by atoms with E-state index in [0.29, 0.717) is 5.56 Å². The third-order valence-electron chi connectivity index (χ3n) is 2.65. The normalized spacial score (nSPS) is 11.5. The Morgan fingerprint density at radius 1 is 1.22 bits per heavy atom. The molecule has 0 aliphatic rings. The number of benzene rings is 1. The van der Waals surface area contributed by atoms with Gasteiger partial charge in [-0.2, -0.15) is 0 Å². The molecule has 0 N–H and O–H groups in total. The molecule has 2 rings (SSSR count). The van der Waals surface area contributed by atoms with Crippen LogP contribution >= 0.6 is 0 Å². The first kappa shape index (κ1) is 12.7. The van der Waals surface area contributed by atoms with Crippen molar-refractivity contribution in [3.05, 3.63) is 48.0 Å². The minimum Gasteiger partial charge on any atom is -0.261 e. The first-order chi connectivity index (χ1) is 8.39. The molecule has 0 saturated heterocycles. The average Bonchev–Trinajstić information content (AvgIpc) is 2.29. The predicted octanol–water partition coefficient (Wildman–Crippen LogP) is 2.60. The molecule has 94 valence electrons. The van der Waals surface area contributed by atoms with E-state index in [4.69, 9.17) is 0 Å². The average molecular weight is 265 g/mol. The summed E-state index contributed by atoms with van der Waals surface area (Å²) in [5.41, 5.74) is 2.20. The maximum absolute atomic E-state index is 13.5. The van der Waals surface area contributed by atoms with Crippen LogP contribution < -0.4 is 0 Å². The standard InChI is InChI=1S/C13H12FNO2S/c1-9-11(4-3-7-15-9)10-5-6-12(14)13(8-10)18(2,16)17/h3-8H,1-2H3. The zero-order valence-corrected chi connectivity index (χ0v) is 10.8. The molecule has 0 unspecified atom stereocenters. The van der Waals surface area contributed by atoms with Crippen molar-refractivity contribution in [1.82, 2.24) is 4.98 Å². The number of halogens is 1. The van der Waals surface area contributed by atoms with E-state index in [9.17, 15) is 12.8 Å². The van der Waals surface area contributed by atoms with E-state index in [1.54, 1.807) is 18.3 Å². The Hall–Kier alpha value is -1.75. The fourth-order valence-corrected chi connectivity index (χ4v) is 2.51. The zero-order valence-electron chi connectivity index (χ0n) is 10.0. The molecule has 1 aromatic carbocycles. The summed E-state index contributed by atoms with van der Waals surface area (Å²) in [6.45, 7) is 1.82. The maximum atomic E-state index is 13.5. The second-order valence-corrected chi connectivity index (χ2v) is 6.04. The lowest BCUT2D eigenvalue weighted by Crippen LogP contribution is -2.01. The molecule has 0 aliphatic heterocycles. The Labute approximate surface area is 105 Å². The van der Waals surface area contributed by atoms with E-state index in [0.717, 1.165) is 23.6 Å². The van der Waals surface area contributed by atoms with Crippen LogP contribution in [-0.2, 0) is 9.84 Å². The number of nitrogens with zero attached hydrogens (tertiary/aromatic N) is 1. The van der Waals surface area contributed by atoms with Crippen LogP contribution in [0, 0.1) is 12.7 Å². The highest BCUT2D eigenvalue weighted by molar-refractivity contribution is 7.90. The van der Waals surface area contributed by atoms with E-state index in [-0.39, 0.29) is 4.90 Å². The Kier molecular flexibility index (Phi) is 3.17. The topological polar surface area (TPSA) is 47.0 Å². The molecular formula is C13H12FNO2S. The van der Waals surface area contributed by atoms with Gasteiger partial charge in [-0.3, -0.25) is 4.98 Å². The predicted molar refractivity (Wildman–Crippen MR) is 67.5 cm³/mol. The number of aryl methyl sites for hydroxylation is 1. The van der Waals surface area contributed by atoms with Gasteiger partial charge in [0.1, 0.15) is 10.7 Å². The summed E-state index contributed by atoms with van der Waals surface area (Å²) in [6.07, 6.45) is 2.64. The first-order valence-electron chi connectivity index (χ1n) is 5.31. The van der Waals surface area contributed by atoms with Crippen molar-refractivity contribution in [3.63, 3.8) is 0 Å². The van der Waals surface area contributed by atoms with E-state index < -0.39 is 15.7 Å². The molecule has 0 atom stereocenters. The number of sulfone groups is 1. The highest BCUT2D eigenvalue weighted by Gasteiger charge is 2.15. The van der Waals surface area contributed by atoms with Crippen LogP contribution in [0.1, 0.15) is 5.69 Å². The Morgan fingerprint density at radius 3 is 2.56 bits per heavy atom. The Balaban J connectivity index is 2.66. The molecule has 0 radical (unpaired) electrons.